The van der Waals surface area contributed by atoms with E-state index in [4.69, 9.17) is 10.5 Å². The van der Waals surface area contributed by atoms with E-state index >= 15 is 0 Å². The molecule has 2 amide bonds. The topological polar surface area (TPSA) is 84.7 Å². The fourth-order valence-electron chi connectivity index (χ4n) is 2.10. The molecule has 2 rings (SSSR count). The Balaban J connectivity index is 2.11. The maximum absolute atomic E-state index is 12.2. The van der Waals surface area contributed by atoms with Crippen molar-refractivity contribution in [3.63, 3.8) is 0 Å². The maximum Gasteiger partial charge on any atom is 0.245 e. The van der Waals surface area contributed by atoms with Crippen LogP contribution in [0.5, 0.6) is 0 Å². The van der Waals surface area contributed by atoms with Crippen LogP contribution in [0, 0.1) is 0 Å². The molecule has 0 aromatic heterocycles. The molecule has 2 atom stereocenters. The molecule has 6 nitrogen and oxygen atoms in total. The molecular formula is C10H17N3O3. The van der Waals surface area contributed by atoms with Gasteiger partial charge in [-0.15, -0.1) is 0 Å². The van der Waals surface area contributed by atoms with Gasteiger partial charge >= 0.3 is 0 Å². The minimum Gasteiger partial charge on any atom is -0.379 e. The SMILES string of the molecule is CC1C(=O)NCCN1C(=O)C1(N)CCOC1. The zero-order valence-corrected chi connectivity index (χ0v) is 9.36. The summed E-state index contributed by atoms with van der Waals surface area (Å²) in [4.78, 5) is 25.2. The van der Waals surface area contributed by atoms with Gasteiger partial charge in [0.1, 0.15) is 11.6 Å². The lowest BCUT2D eigenvalue weighted by Gasteiger charge is -2.37. The molecule has 0 radical (unpaired) electrons. The first-order chi connectivity index (χ1) is 7.54. The van der Waals surface area contributed by atoms with Crippen LogP contribution >= 0.6 is 0 Å². The fraction of sp³-hybridized carbons (Fsp3) is 0.800. The molecule has 16 heavy (non-hydrogen) atoms. The van der Waals surface area contributed by atoms with Gasteiger partial charge in [0.15, 0.2) is 0 Å². The Bertz CT molecular complexity index is 312. The van der Waals surface area contributed by atoms with Gasteiger partial charge in [-0.25, -0.2) is 0 Å². The molecular weight excluding hydrogens is 210 g/mol. The molecule has 90 valence electrons. The molecule has 2 fully saturated rings. The first-order valence-corrected chi connectivity index (χ1v) is 5.50. The van der Waals surface area contributed by atoms with E-state index in [0.29, 0.717) is 26.1 Å². The van der Waals surface area contributed by atoms with Crippen molar-refractivity contribution >= 4 is 11.8 Å². The van der Waals surface area contributed by atoms with Crippen molar-refractivity contribution < 1.29 is 14.3 Å². The normalized spacial score (nSPS) is 35.0. The van der Waals surface area contributed by atoms with Gasteiger partial charge in [-0.1, -0.05) is 0 Å². The van der Waals surface area contributed by atoms with E-state index in [9.17, 15) is 9.59 Å². The predicted molar refractivity (Wildman–Crippen MR) is 56.5 cm³/mol. The summed E-state index contributed by atoms with van der Waals surface area (Å²) in [6.45, 7) is 3.48. The Hall–Kier alpha value is -1.14. The highest BCUT2D eigenvalue weighted by molar-refractivity contribution is 5.93. The largest absolute Gasteiger partial charge is 0.379 e. The second-order valence-electron chi connectivity index (χ2n) is 4.42. The number of rotatable bonds is 1. The zero-order valence-electron chi connectivity index (χ0n) is 9.36. The van der Waals surface area contributed by atoms with E-state index < -0.39 is 11.6 Å². The van der Waals surface area contributed by atoms with Crippen LogP contribution in [0.2, 0.25) is 0 Å². The summed E-state index contributed by atoms with van der Waals surface area (Å²) < 4.78 is 5.16. The third kappa shape index (κ3) is 1.78. The molecule has 0 saturated carbocycles. The Labute approximate surface area is 94.1 Å². The van der Waals surface area contributed by atoms with Crippen molar-refractivity contribution in [1.29, 1.82) is 0 Å². The van der Waals surface area contributed by atoms with Gasteiger partial charge in [0.25, 0.3) is 0 Å². The van der Waals surface area contributed by atoms with E-state index in [-0.39, 0.29) is 18.4 Å². The zero-order chi connectivity index (χ0) is 11.8. The molecule has 6 heteroatoms. The van der Waals surface area contributed by atoms with Crippen LogP contribution in [0.1, 0.15) is 13.3 Å². The van der Waals surface area contributed by atoms with Crippen LogP contribution in [0.15, 0.2) is 0 Å². The number of hydrogen-bond donors (Lipinski definition) is 2. The third-order valence-corrected chi connectivity index (χ3v) is 3.24. The van der Waals surface area contributed by atoms with Crippen LogP contribution in [0.25, 0.3) is 0 Å². The Morgan fingerprint density at radius 3 is 3.06 bits per heavy atom. The molecule has 0 spiro atoms. The number of amides is 2. The number of carbonyl (C=O) groups excluding carboxylic acids is 2. The molecule has 0 aromatic carbocycles. The predicted octanol–water partition coefficient (Wildman–Crippen LogP) is -1.55. The average Bonchev–Trinajstić information content (AvgIpc) is 2.70. The number of hydrogen-bond acceptors (Lipinski definition) is 4. The number of nitrogens with two attached hydrogens (primary N) is 1. The highest BCUT2D eigenvalue weighted by Gasteiger charge is 2.44. The highest BCUT2D eigenvalue weighted by Crippen LogP contribution is 2.20. The van der Waals surface area contributed by atoms with Gasteiger partial charge < -0.3 is 20.7 Å². The molecule has 0 aromatic rings. The van der Waals surface area contributed by atoms with Crippen molar-refractivity contribution in [2.24, 2.45) is 5.73 Å². The van der Waals surface area contributed by atoms with Gasteiger partial charge in [-0.05, 0) is 13.3 Å². The number of nitrogens with one attached hydrogen (secondary N) is 1. The standard InChI is InChI=1S/C10H17N3O3/c1-7-8(14)12-3-4-13(7)9(15)10(11)2-5-16-6-10/h7H,2-6,11H2,1H3,(H,12,14). The lowest BCUT2D eigenvalue weighted by molar-refractivity contribution is -0.146. The lowest BCUT2D eigenvalue weighted by atomic mass is 9.97. The quantitative estimate of drug-likeness (QED) is 0.568. The van der Waals surface area contributed by atoms with Crippen molar-refractivity contribution in [3.05, 3.63) is 0 Å². The summed E-state index contributed by atoms with van der Waals surface area (Å²) in [7, 11) is 0. The van der Waals surface area contributed by atoms with Crippen LogP contribution < -0.4 is 11.1 Å². The monoisotopic (exact) mass is 227 g/mol. The minimum absolute atomic E-state index is 0.123. The highest BCUT2D eigenvalue weighted by atomic mass is 16.5. The summed E-state index contributed by atoms with van der Waals surface area (Å²) in [5, 5.41) is 2.71. The van der Waals surface area contributed by atoms with Crippen LogP contribution in [0.3, 0.4) is 0 Å². The van der Waals surface area contributed by atoms with E-state index in [1.165, 1.54) is 0 Å². The van der Waals surface area contributed by atoms with Crippen molar-refractivity contribution in [2.45, 2.75) is 24.9 Å². The first kappa shape index (κ1) is 11.3. The molecule has 2 aliphatic rings. The van der Waals surface area contributed by atoms with Crippen LogP contribution in [-0.2, 0) is 14.3 Å². The molecule has 3 N–H and O–H groups in total. The summed E-state index contributed by atoms with van der Waals surface area (Å²) in [5.74, 6) is -0.297. The van der Waals surface area contributed by atoms with Crippen LogP contribution in [-0.4, -0.2) is 54.6 Å². The summed E-state index contributed by atoms with van der Waals surface area (Å²) in [6.07, 6.45) is 0.524. The van der Waals surface area contributed by atoms with Crippen LogP contribution in [0.4, 0.5) is 0 Å². The molecule has 0 aliphatic carbocycles. The summed E-state index contributed by atoms with van der Waals surface area (Å²) in [5.41, 5.74) is 5.05. The molecule has 2 heterocycles. The number of piperazine rings is 1. The Morgan fingerprint density at radius 1 is 1.69 bits per heavy atom. The molecule has 2 aliphatic heterocycles. The van der Waals surface area contributed by atoms with E-state index in [1.54, 1.807) is 11.8 Å². The minimum atomic E-state index is -0.939. The second kappa shape index (κ2) is 4.03. The van der Waals surface area contributed by atoms with Gasteiger partial charge in [-0.2, -0.15) is 0 Å². The third-order valence-electron chi connectivity index (χ3n) is 3.24. The summed E-state index contributed by atoms with van der Waals surface area (Å²) in [6, 6.07) is -0.442. The maximum atomic E-state index is 12.2. The smallest absolute Gasteiger partial charge is 0.245 e. The number of ether oxygens (including phenoxy) is 1. The lowest BCUT2D eigenvalue weighted by Crippen LogP contribution is -2.63. The van der Waals surface area contributed by atoms with Gasteiger partial charge in [0.2, 0.25) is 11.8 Å². The fourth-order valence-corrected chi connectivity index (χ4v) is 2.10. The Kier molecular flexibility index (Phi) is 2.86. The Morgan fingerprint density at radius 2 is 2.44 bits per heavy atom. The number of carbonyl (C=O) groups is 2. The van der Waals surface area contributed by atoms with Gasteiger partial charge in [0.05, 0.1) is 6.61 Å². The number of nitrogens with zero attached hydrogens (tertiary/aromatic N) is 1. The second-order valence-corrected chi connectivity index (χ2v) is 4.42. The van der Waals surface area contributed by atoms with E-state index in [2.05, 4.69) is 5.32 Å². The first-order valence-electron chi connectivity index (χ1n) is 5.50. The van der Waals surface area contributed by atoms with Crippen molar-refractivity contribution in [3.8, 4) is 0 Å². The van der Waals surface area contributed by atoms with Crippen molar-refractivity contribution in [1.82, 2.24) is 10.2 Å². The molecule has 0 bridgehead atoms. The van der Waals surface area contributed by atoms with Gasteiger partial charge in [-0.3, -0.25) is 9.59 Å². The summed E-state index contributed by atoms with van der Waals surface area (Å²) >= 11 is 0. The van der Waals surface area contributed by atoms with E-state index in [0.717, 1.165) is 0 Å². The van der Waals surface area contributed by atoms with Gasteiger partial charge in [0, 0.05) is 19.7 Å². The molecule has 2 saturated heterocycles. The van der Waals surface area contributed by atoms with Crippen molar-refractivity contribution in [2.75, 3.05) is 26.3 Å². The van der Waals surface area contributed by atoms with E-state index in [1.807, 2.05) is 0 Å². The average molecular weight is 227 g/mol. The molecule has 2 unspecified atom stereocenters.